The molecule has 0 radical (unpaired) electrons. The number of aromatic nitrogens is 1. The standard InChI is InChI=1S/C33H51NO3/c1-28(2)12-14-33(10-8-16-35)15-13-32(7)26(22(33)19-28)23(36)17-25-30(5)18-21-20-34-37-27(21)29(3,4)24(30)9-11-31(25,32)6/h17,20,22-24,26,35-36H,8-16,18-19H2,1-7H3/t22?,23?,24-,26?,30-,31+,32+,33+/m0/s1. The summed E-state index contributed by atoms with van der Waals surface area (Å²) in [5.74, 6) is 2.36. The number of nitrogens with zero attached hydrogens (tertiary/aromatic N) is 1. The van der Waals surface area contributed by atoms with Gasteiger partial charge in [-0.1, -0.05) is 65.3 Å². The molecule has 0 aromatic carbocycles. The number of aliphatic hydroxyl groups is 2. The Morgan fingerprint density at radius 1 is 1.00 bits per heavy atom. The molecule has 2 N–H and O–H groups in total. The molecular formula is C33H51NO3. The van der Waals surface area contributed by atoms with Gasteiger partial charge in [-0.2, -0.15) is 0 Å². The second-order valence-corrected chi connectivity index (χ2v) is 16.1. The second-order valence-electron chi connectivity index (χ2n) is 16.1. The molecule has 5 aliphatic rings. The van der Waals surface area contributed by atoms with Crippen molar-refractivity contribution >= 4 is 0 Å². The minimum atomic E-state index is -0.400. The predicted molar refractivity (Wildman–Crippen MR) is 147 cm³/mol. The maximum Gasteiger partial charge on any atom is 0.145 e. The Labute approximate surface area is 224 Å². The van der Waals surface area contributed by atoms with Gasteiger partial charge in [0.15, 0.2) is 0 Å². The number of rotatable bonds is 3. The number of aliphatic hydroxyl groups excluding tert-OH is 2. The zero-order valence-electron chi connectivity index (χ0n) is 24.5. The van der Waals surface area contributed by atoms with Crippen LogP contribution in [0.1, 0.15) is 118 Å². The van der Waals surface area contributed by atoms with E-state index in [0.29, 0.717) is 17.3 Å². The van der Waals surface area contributed by atoms with Crippen LogP contribution in [0.4, 0.5) is 0 Å². The minimum Gasteiger partial charge on any atom is -0.396 e. The molecule has 3 saturated carbocycles. The van der Waals surface area contributed by atoms with E-state index in [4.69, 9.17) is 4.52 Å². The molecule has 3 fully saturated rings. The first-order valence-electron chi connectivity index (χ1n) is 15.2. The molecule has 37 heavy (non-hydrogen) atoms. The van der Waals surface area contributed by atoms with Crippen molar-refractivity contribution in [1.29, 1.82) is 0 Å². The number of allylic oxidation sites excluding steroid dienone is 1. The molecule has 8 atom stereocenters. The van der Waals surface area contributed by atoms with Gasteiger partial charge in [-0.15, -0.1) is 0 Å². The Balaban J connectivity index is 1.47. The molecular weight excluding hydrogens is 458 g/mol. The lowest BCUT2D eigenvalue weighted by molar-refractivity contribution is -0.189. The summed E-state index contributed by atoms with van der Waals surface area (Å²) in [7, 11) is 0. The lowest BCUT2D eigenvalue weighted by atomic mass is 9.33. The van der Waals surface area contributed by atoms with Crippen molar-refractivity contribution in [3.63, 3.8) is 0 Å². The van der Waals surface area contributed by atoms with Gasteiger partial charge in [-0.25, -0.2) is 0 Å². The van der Waals surface area contributed by atoms with Crippen LogP contribution in [-0.4, -0.2) is 28.1 Å². The van der Waals surface area contributed by atoms with Crippen LogP contribution in [-0.2, 0) is 11.8 Å². The van der Waals surface area contributed by atoms with Crippen molar-refractivity contribution in [2.75, 3.05) is 6.61 Å². The lowest BCUT2D eigenvalue weighted by Crippen LogP contribution is -2.65. The molecule has 0 aliphatic heterocycles. The average Bonchev–Trinajstić information content (AvgIpc) is 3.28. The van der Waals surface area contributed by atoms with Crippen LogP contribution >= 0.6 is 0 Å². The molecule has 1 aromatic rings. The maximum absolute atomic E-state index is 12.2. The topological polar surface area (TPSA) is 66.5 Å². The highest BCUT2D eigenvalue weighted by atomic mass is 16.5. The highest BCUT2D eigenvalue weighted by Crippen LogP contribution is 2.75. The molecule has 0 saturated heterocycles. The molecule has 0 bridgehead atoms. The van der Waals surface area contributed by atoms with Crippen LogP contribution in [0.15, 0.2) is 22.4 Å². The molecule has 0 amide bonds. The monoisotopic (exact) mass is 509 g/mol. The third kappa shape index (κ3) is 3.30. The van der Waals surface area contributed by atoms with Gasteiger partial charge in [-0.3, -0.25) is 0 Å². The molecule has 6 rings (SSSR count). The van der Waals surface area contributed by atoms with Gasteiger partial charge in [0.1, 0.15) is 5.76 Å². The quantitative estimate of drug-likeness (QED) is 0.422. The summed E-state index contributed by atoms with van der Waals surface area (Å²) in [6, 6.07) is 0. The summed E-state index contributed by atoms with van der Waals surface area (Å²) >= 11 is 0. The van der Waals surface area contributed by atoms with E-state index in [1.54, 1.807) is 0 Å². The van der Waals surface area contributed by atoms with Gasteiger partial charge < -0.3 is 14.7 Å². The van der Waals surface area contributed by atoms with E-state index in [1.807, 2.05) is 6.20 Å². The van der Waals surface area contributed by atoms with Crippen molar-refractivity contribution in [3.8, 4) is 0 Å². The van der Waals surface area contributed by atoms with Gasteiger partial charge >= 0.3 is 0 Å². The largest absolute Gasteiger partial charge is 0.396 e. The normalized spacial score (nSPS) is 47.5. The average molecular weight is 510 g/mol. The van der Waals surface area contributed by atoms with Crippen molar-refractivity contribution < 1.29 is 14.7 Å². The van der Waals surface area contributed by atoms with E-state index in [2.05, 4.69) is 59.7 Å². The van der Waals surface area contributed by atoms with Gasteiger partial charge in [0.2, 0.25) is 0 Å². The molecule has 0 spiro atoms. The first kappa shape index (κ1) is 26.1. The summed E-state index contributed by atoms with van der Waals surface area (Å²) in [4.78, 5) is 0. The van der Waals surface area contributed by atoms with Gasteiger partial charge in [0.25, 0.3) is 0 Å². The number of fused-ring (bicyclic) bond motifs is 8. The summed E-state index contributed by atoms with van der Waals surface area (Å²) < 4.78 is 5.84. The molecule has 3 unspecified atom stereocenters. The summed E-state index contributed by atoms with van der Waals surface area (Å²) in [5.41, 5.74) is 3.47. The third-order valence-electron chi connectivity index (χ3n) is 13.5. The highest BCUT2D eigenvalue weighted by Gasteiger charge is 2.69. The smallest absolute Gasteiger partial charge is 0.145 e. The number of hydrogen-bond acceptors (Lipinski definition) is 4. The fourth-order valence-corrected chi connectivity index (χ4v) is 11.5. The predicted octanol–water partition coefficient (Wildman–Crippen LogP) is 7.23. The lowest BCUT2D eigenvalue weighted by Gasteiger charge is -2.71. The number of hydrogen-bond donors (Lipinski definition) is 2. The molecule has 4 nitrogen and oxygen atoms in total. The zero-order valence-corrected chi connectivity index (χ0v) is 24.5. The van der Waals surface area contributed by atoms with E-state index in [0.717, 1.165) is 25.0 Å². The Morgan fingerprint density at radius 2 is 1.73 bits per heavy atom. The molecule has 4 heteroatoms. The van der Waals surface area contributed by atoms with Gasteiger partial charge in [0.05, 0.1) is 12.3 Å². The van der Waals surface area contributed by atoms with E-state index in [9.17, 15) is 10.2 Å². The Kier molecular flexibility index (Phi) is 5.62. The van der Waals surface area contributed by atoms with Crippen LogP contribution in [0.5, 0.6) is 0 Å². The van der Waals surface area contributed by atoms with Crippen molar-refractivity contribution in [3.05, 3.63) is 29.2 Å². The summed E-state index contributed by atoms with van der Waals surface area (Å²) in [5, 5.41) is 26.2. The van der Waals surface area contributed by atoms with Crippen molar-refractivity contribution in [1.82, 2.24) is 5.16 Å². The van der Waals surface area contributed by atoms with Crippen LogP contribution in [0, 0.1) is 44.8 Å². The van der Waals surface area contributed by atoms with Crippen LogP contribution < -0.4 is 0 Å². The third-order valence-corrected chi connectivity index (χ3v) is 13.5. The molecule has 206 valence electrons. The molecule has 5 aliphatic carbocycles. The van der Waals surface area contributed by atoms with Crippen LogP contribution in [0.2, 0.25) is 0 Å². The first-order chi connectivity index (χ1) is 17.2. The van der Waals surface area contributed by atoms with Crippen molar-refractivity contribution in [2.45, 2.75) is 124 Å². The summed E-state index contributed by atoms with van der Waals surface area (Å²) in [6.07, 6.45) is 15.4. The van der Waals surface area contributed by atoms with E-state index in [1.165, 1.54) is 56.1 Å². The zero-order chi connectivity index (χ0) is 26.6. The van der Waals surface area contributed by atoms with Crippen LogP contribution in [0.3, 0.4) is 0 Å². The van der Waals surface area contributed by atoms with E-state index < -0.39 is 6.10 Å². The fraction of sp³-hybridized carbons (Fsp3) is 0.848. The first-order valence-corrected chi connectivity index (χ1v) is 15.2. The Hall–Kier alpha value is -1.13. The molecule has 1 aromatic heterocycles. The van der Waals surface area contributed by atoms with Crippen LogP contribution in [0.25, 0.3) is 0 Å². The van der Waals surface area contributed by atoms with Gasteiger partial charge in [-0.05, 0) is 109 Å². The minimum absolute atomic E-state index is 0.00126. The highest BCUT2D eigenvalue weighted by molar-refractivity contribution is 5.42. The Morgan fingerprint density at radius 3 is 2.46 bits per heavy atom. The second kappa shape index (κ2) is 7.96. The SMILES string of the molecule is CC1(C)CC[C@]2(CCCO)CC[C@]3(C)C(C(O)C=C4[C@@]5(C)Cc6cnoc6C(C)(C)[C@@H]5CC[C@]43C)C2C1. The van der Waals surface area contributed by atoms with Crippen molar-refractivity contribution in [2.24, 2.45) is 44.8 Å². The molecule has 1 heterocycles. The summed E-state index contributed by atoms with van der Waals surface area (Å²) in [6.45, 7) is 17.5. The maximum atomic E-state index is 12.2. The fourth-order valence-electron chi connectivity index (χ4n) is 11.5. The van der Waals surface area contributed by atoms with Gasteiger partial charge in [0, 0.05) is 17.6 Å². The van der Waals surface area contributed by atoms with E-state index in [-0.39, 0.29) is 39.6 Å². The Bertz CT molecular complexity index is 1100. The van der Waals surface area contributed by atoms with E-state index >= 15 is 0 Å².